The van der Waals surface area contributed by atoms with E-state index in [2.05, 4.69) is 146 Å². The van der Waals surface area contributed by atoms with Crippen LogP contribution in [-0.2, 0) is 20.1 Å². The third-order valence-electron chi connectivity index (χ3n) is 10.7. The Morgan fingerprint density at radius 2 is 1.36 bits per heavy atom. The van der Waals surface area contributed by atoms with Gasteiger partial charge in [-0.15, -0.1) is 71.3 Å². The van der Waals surface area contributed by atoms with E-state index in [1.54, 1.807) is 0 Å². The van der Waals surface area contributed by atoms with Crippen molar-refractivity contribution in [3.63, 3.8) is 0 Å². The summed E-state index contributed by atoms with van der Waals surface area (Å²) in [7, 11) is 0. The van der Waals surface area contributed by atoms with Crippen LogP contribution in [0.2, 0.25) is 0 Å². The molecule has 0 saturated carbocycles. The second kappa shape index (κ2) is 18.4. The van der Waals surface area contributed by atoms with Gasteiger partial charge in [0.2, 0.25) is 0 Å². The van der Waals surface area contributed by atoms with Crippen molar-refractivity contribution in [1.82, 2.24) is 14.5 Å². The summed E-state index contributed by atoms with van der Waals surface area (Å²) in [5.74, 6) is 1.38. The number of aryl methyl sites for hydroxylation is 3. The molecule has 4 nitrogen and oxygen atoms in total. The van der Waals surface area contributed by atoms with Gasteiger partial charge in [0.15, 0.2) is 0 Å². The molecule has 0 aliphatic carbocycles. The molecule has 0 aliphatic heterocycles. The summed E-state index contributed by atoms with van der Waals surface area (Å²) >= 11 is 0. The second-order valence-corrected chi connectivity index (χ2v) is 15.4. The van der Waals surface area contributed by atoms with Gasteiger partial charge in [-0.2, -0.15) is 5.26 Å². The molecule has 1 radical (unpaired) electrons. The van der Waals surface area contributed by atoms with Crippen LogP contribution in [0, 0.1) is 44.0 Å². The first kappa shape index (κ1) is 32.3. The predicted octanol–water partition coefficient (Wildman–Crippen LogP) is 14.6. The van der Waals surface area contributed by atoms with Crippen molar-refractivity contribution in [2.75, 3.05) is 0 Å². The maximum Gasteiger partial charge on any atom is 0.0991 e. The third kappa shape index (κ3) is 8.89. The molecule has 0 bridgehead atoms. The van der Waals surface area contributed by atoms with E-state index in [0.29, 0.717) is 11.1 Å². The first-order valence-electron chi connectivity index (χ1n) is 24.4. The Kier molecular flexibility index (Phi) is 9.78. The van der Waals surface area contributed by atoms with Gasteiger partial charge in [-0.05, 0) is 106 Å². The average Bonchev–Trinajstić information content (AvgIpc) is 3.73. The van der Waals surface area contributed by atoms with E-state index >= 15 is 0 Å². The topological polar surface area (TPSA) is 54.5 Å². The molecule has 9 rings (SSSR count). The Morgan fingerprint density at radius 1 is 0.656 bits per heavy atom. The number of pyridine rings is 1. The minimum absolute atomic E-state index is 0. The van der Waals surface area contributed by atoms with Crippen LogP contribution in [0.25, 0.3) is 72.4 Å². The van der Waals surface area contributed by atoms with Gasteiger partial charge in [-0.3, -0.25) is 4.98 Å². The molecule has 2 aromatic heterocycles. The van der Waals surface area contributed by atoms with E-state index in [0.717, 1.165) is 39.4 Å². The van der Waals surface area contributed by atoms with Crippen LogP contribution in [-0.4, -0.2) is 14.5 Å². The quantitative estimate of drug-likeness (QED) is 0.150. The van der Waals surface area contributed by atoms with Crippen LogP contribution in [0.5, 0.6) is 0 Å². The minimum atomic E-state index is -2.61. The van der Waals surface area contributed by atoms with Gasteiger partial charge in [-0.25, -0.2) is 0 Å². The number of fused-ring (bicyclic) bond motifs is 3. The molecule has 0 unspecified atom stereocenters. The average molecular weight is 978 g/mol. The third-order valence-corrected chi connectivity index (χ3v) is 10.7. The van der Waals surface area contributed by atoms with E-state index in [1.165, 1.54) is 63.3 Å². The molecule has 0 aliphatic rings. The molecule has 0 N–H and O–H groups in total. The van der Waals surface area contributed by atoms with Crippen LogP contribution in [0.15, 0.2) is 152 Å². The van der Waals surface area contributed by atoms with E-state index in [1.807, 2.05) is 30.3 Å². The SMILES string of the molecule is CC(C)c1cc(-c2ccc(-c3ccccc3)cc2)cc(C(C)C)c1-n1c(-c2[c-]cccc2)nc2ccc3cc(C#N)ccc3c21.[2H]C([2H])([2H])c1c[c-]c(-c2cc(C([2H])([2H])[2H])c(C([2H])([2H])[2H])cn2)cc1.[Ir]. The Bertz CT molecular complexity index is 3310. The Labute approximate surface area is 386 Å². The summed E-state index contributed by atoms with van der Waals surface area (Å²) in [6.07, 6.45) is 1.02. The van der Waals surface area contributed by atoms with Crippen LogP contribution >= 0.6 is 0 Å². The monoisotopic (exact) mass is 978 g/mol. The molecule has 61 heavy (non-hydrogen) atoms. The zero-order valence-corrected chi connectivity index (χ0v) is 36.6. The van der Waals surface area contributed by atoms with Gasteiger partial charge >= 0.3 is 0 Å². The van der Waals surface area contributed by atoms with Crippen molar-refractivity contribution in [3.05, 3.63) is 197 Å². The second-order valence-electron chi connectivity index (χ2n) is 15.4. The molecule has 0 saturated heterocycles. The summed E-state index contributed by atoms with van der Waals surface area (Å²) in [5, 5.41) is 11.7. The normalized spacial score (nSPS) is 13.8. The number of imidazole rings is 1. The van der Waals surface area contributed by atoms with Gasteiger partial charge in [0.05, 0.1) is 28.5 Å². The van der Waals surface area contributed by atoms with Crippen molar-refractivity contribution >= 4 is 21.8 Å². The van der Waals surface area contributed by atoms with Crippen molar-refractivity contribution in [1.29, 1.82) is 5.26 Å². The molecule has 5 heteroatoms. The van der Waals surface area contributed by atoms with E-state index in [4.69, 9.17) is 17.3 Å². The fourth-order valence-electron chi connectivity index (χ4n) is 7.56. The van der Waals surface area contributed by atoms with E-state index in [9.17, 15) is 5.26 Å². The zero-order chi connectivity index (χ0) is 49.4. The van der Waals surface area contributed by atoms with E-state index in [-0.39, 0.29) is 54.3 Å². The number of nitriles is 1. The smallest absolute Gasteiger partial charge is 0.0991 e. The van der Waals surface area contributed by atoms with Gasteiger partial charge in [0.1, 0.15) is 0 Å². The van der Waals surface area contributed by atoms with Crippen molar-refractivity contribution < 1.29 is 32.4 Å². The van der Waals surface area contributed by atoms with Crippen molar-refractivity contribution in [3.8, 4) is 56.7 Å². The number of hydrogen-bond donors (Lipinski definition) is 0. The molecule has 0 spiro atoms. The van der Waals surface area contributed by atoms with Crippen LogP contribution in [0.3, 0.4) is 0 Å². The Morgan fingerprint density at radius 3 is 1.98 bits per heavy atom. The molecule has 0 atom stereocenters. The van der Waals surface area contributed by atoms with Gasteiger partial charge in [0.25, 0.3) is 0 Å². The van der Waals surface area contributed by atoms with Crippen LogP contribution in [0.1, 0.15) is 85.2 Å². The largest absolute Gasteiger partial charge is 0.332 e. The molecule has 7 aromatic carbocycles. The van der Waals surface area contributed by atoms with Crippen LogP contribution in [0.4, 0.5) is 0 Å². The van der Waals surface area contributed by atoms with Crippen LogP contribution < -0.4 is 0 Å². The molecule has 303 valence electrons. The molecule has 0 fully saturated rings. The summed E-state index contributed by atoms with van der Waals surface area (Å²) in [5.41, 5.74) is 12.2. The Balaban J connectivity index is 0.000000245. The molecule has 0 amide bonds. The van der Waals surface area contributed by atoms with Crippen molar-refractivity contribution in [2.24, 2.45) is 0 Å². The minimum Gasteiger partial charge on any atom is -0.332 e. The van der Waals surface area contributed by atoms with Crippen molar-refractivity contribution in [2.45, 2.75) is 60.1 Å². The number of rotatable bonds is 7. The number of hydrogen-bond acceptors (Lipinski definition) is 3. The molecular formula is C56H48IrN4-2. The molecular weight excluding hydrogens is 921 g/mol. The van der Waals surface area contributed by atoms with E-state index < -0.39 is 20.6 Å². The summed E-state index contributed by atoms with van der Waals surface area (Å²) < 4.78 is 69.3. The fraction of sp³-hybridized carbons (Fsp3) is 0.161. The maximum absolute atomic E-state index is 9.61. The molecule has 9 aromatic rings. The predicted molar refractivity (Wildman–Crippen MR) is 249 cm³/mol. The summed E-state index contributed by atoms with van der Waals surface area (Å²) in [6.45, 7) is 1.62. The summed E-state index contributed by atoms with van der Waals surface area (Å²) in [6, 6.07) is 56.2. The zero-order valence-electron chi connectivity index (χ0n) is 43.2. The molecule has 2 heterocycles. The van der Waals surface area contributed by atoms with Gasteiger partial charge in [-0.1, -0.05) is 113 Å². The fourth-order valence-corrected chi connectivity index (χ4v) is 7.56. The first-order chi connectivity index (χ1) is 32.7. The maximum atomic E-state index is 9.61. The van der Waals surface area contributed by atoms with Gasteiger partial charge in [0, 0.05) is 49.7 Å². The Hall–Kier alpha value is -6.44. The number of benzene rings is 7. The van der Waals surface area contributed by atoms with Gasteiger partial charge < -0.3 is 9.55 Å². The summed E-state index contributed by atoms with van der Waals surface area (Å²) in [4.78, 5) is 9.24. The number of aromatic nitrogens is 3. The first-order valence-corrected chi connectivity index (χ1v) is 19.9. The number of nitrogens with zero attached hydrogens (tertiary/aromatic N) is 4. The standard InChI is InChI=1S/C42H34N3.C14H14N.Ir/c1-27(2)37-24-35(32-18-16-31(17-19-32)30-11-7-5-8-12-30)25-38(28(3)4)40(37)45-41-36-21-15-29(26-43)23-34(36)20-22-39(41)44-42(45)33-13-9-6-10-14-33;1-10-4-6-13(7-5-10)14-8-11(2)12(3)9-15-14;/h5-13,15-25,27-28H,1-4H3;4-6,8-9H,1-3H3;/q2*-1;/i;1D3,2D3,3D3;.